The molecule has 0 bridgehead atoms. The first-order chi connectivity index (χ1) is 6.11. The Morgan fingerprint density at radius 2 is 2.31 bits per heavy atom. The summed E-state index contributed by atoms with van der Waals surface area (Å²) in [6, 6.07) is -0.952. The maximum atomic E-state index is 10.5. The van der Waals surface area contributed by atoms with Crippen LogP contribution in [0, 0.1) is 0 Å². The Labute approximate surface area is 77.1 Å². The smallest absolute Gasteiger partial charge is 0.328 e. The van der Waals surface area contributed by atoms with Crippen LogP contribution in [-0.4, -0.2) is 36.2 Å². The quantitative estimate of drug-likeness (QED) is 0.553. The zero-order chi connectivity index (χ0) is 10.3. The molecular formula is C8H15NO4. The topological polar surface area (TPSA) is 75.6 Å². The second kappa shape index (κ2) is 6.42. The molecule has 0 spiro atoms. The predicted molar refractivity (Wildman–Crippen MR) is 46.3 cm³/mol. The van der Waals surface area contributed by atoms with Gasteiger partial charge in [-0.15, -0.1) is 0 Å². The molecule has 0 aliphatic heterocycles. The van der Waals surface area contributed by atoms with E-state index in [2.05, 4.69) is 5.32 Å². The molecule has 0 saturated heterocycles. The highest BCUT2D eigenvalue weighted by molar-refractivity contribution is 5.76. The van der Waals surface area contributed by atoms with Gasteiger partial charge in [-0.3, -0.25) is 4.79 Å². The fourth-order valence-electron chi connectivity index (χ4n) is 0.651. The highest BCUT2D eigenvalue weighted by Crippen LogP contribution is 1.97. The van der Waals surface area contributed by atoms with Crippen LogP contribution in [0.1, 0.15) is 20.3 Å². The molecule has 2 atom stereocenters. The van der Waals surface area contributed by atoms with E-state index in [1.165, 1.54) is 0 Å². The standard InChI is InChI=1S/C8H15NO4/c1-3-6(2)13-4-7(8(11)12)9-5-10/h5-7H,3-4H2,1-2H3,(H,9,10)(H,11,12). The second-order valence-corrected chi connectivity index (χ2v) is 2.73. The summed E-state index contributed by atoms with van der Waals surface area (Å²) in [5, 5.41) is 10.7. The number of ether oxygens (including phenoxy) is 1. The van der Waals surface area contributed by atoms with Crippen molar-refractivity contribution in [3.63, 3.8) is 0 Å². The number of hydrogen-bond donors (Lipinski definition) is 2. The van der Waals surface area contributed by atoms with Crippen LogP contribution >= 0.6 is 0 Å². The molecule has 1 amide bonds. The Morgan fingerprint density at radius 1 is 1.69 bits per heavy atom. The number of amides is 1. The number of carbonyl (C=O) groups is 2. The minimum Gasteiger partial charge on any atom is -0.480 e. The number of carbonyl (C=O) groups excluding carboxylic acids is 1. The number of aliphatic carboxylic acids is 1. The molecule has 76 valence electrons. The van der Waals surface area contributed by atoms with E-state index in [0.717, 1.165) is 6.42 Å². The van der Waals surface area contributed by atoms with Gasteiger partial charge >= 0.3 is 5.97 Å². The van der Waals surface area contributed by atoms with Gasteiger partial charge in [0.1, 0.15) is 6.04 Å². The van der Waals surface area contributed by atoms with E-state index in [1.54, 1.807) is 0 Å². The molecule has 5 heteroatoms. The summed E-state index contributed by atoms with van der Waals surface area (Å²) in [6.07, 6.45) is 1.18. The molecule has 0 fully saturated rings. The van der Waals surface area contributed by atoms with Gasteiger partial charge in [0.2, 0.25) is 6.41 Å². The van der Waals surface area contributed by atoms with Crippen LogP contribution < -0.4 is 5.32 Å². The van der Waals surface area contributed by atoms with Crippen LogP contribution in [0.25, 0.3) is 0 Å². The molecule has 0 aromatic carbocycles. The average Bonchev–Trinajstić information content (AvgIpc) is 2.11. The SMILES string of the molecule is CCC(C)OCC(NC=O)C(=O)O. The molecule has 0 radical (unpaired) electrons. The molecule has 0 rings (SSSR count). The fourth-order valence-corrected chi connectivity index (χ4v) is 0.651. The number of nitrogens with one attached hydrogen (secondary N) is 1. The molecule has 5 nitrogen and oxygen atoms in total. The molecule has 0 heterocycles. The van der Waals surface area contributed by atoms with E-state index >= 15 is 0 Å². The van der Waals surface area contributed by atoms with Crippen molar-refractivity contribution < 1.29 is 19.4 Å². The summed E-state index contributed by atoms with van der Waals surface area (Å²) in [5.41, 5.74) is 0. The minimum absolute atomic E-state index is 0.00306. The van der Waals surface area contributed by atoms with Gasteiger partial charge in [-0.25, -0.2) is 4.79 Å². The third kappa shape index (κ3) is 5.19. The lowest BCUT2D eigenvalue weighted by atomic mass is 10.3. The van der Waals surface area contributed by atoms with Gasteiger partial charge in [-0.05, 0) is 13.3 Å². The van der Waals surface area contributed by atoms with Gasteiger partial charge in [0.25, 0.3) is 0 Å². The van der Waals surface area contributed by atoms with Crippen LogP contribution in [0.15, 0.2) is 0 Å². The molecule has 2 unspecified atom stereocenters. The number of hydrogen-bond acceptors (Lipinski definition) is 3. The van der Waals surface area contributed by atoms with Crippen molar-refractivity contribution in [2.75, 3.05) is 6.61 Å². The van der Waals surface area contributed by atoms with E-state index in [9.17, 15) is 9.59 Å². The summed E-state index contributed by atoms with van der Waals surface area (Å²) < 4.78 is 5.16. The Morgan fingerprint density at radius 3 is 2.69 bits per heavy atom. The molecule has 13 heavy (non-hydrogen) atoms. The predicted octanol–water partition coefficient (Wildman–Crippen LogP) is 0.000700. The largest absolute Gasteiger partial charge is 0.480 e. The van der Waals surface area contributed by atoms with Crippen LogP contribution in [-0.2, 0) is 14.3 Å². The molecule has 0 aliphatic rings. The van der Waals surface area contributed by atoms with Crippen LogP contribution in [0.3, 0.4) is 0 Å². The third-order valence-corrected chi connectivity index (χ3v) is 1.69. The third-order valence-electron chi connectivity index (χ3n) is 1.69. The van der Waals surface area contributed by atoms with Crippen LogP contribution in [0.5, 0.6) is 0 Å². The summed E-state index contributed by atoms with van der Waals surface area (Å²) in [4.78, 5) is 20.5. The summed E-state index contributed by atoms with van der Waals surface area (Å²) in [6.45, 7) is 3.79. The van der Waals surface area contributed by atoms with Crippen molar-refractivity contribution in [3.05, 3.63) is 0 Å². The van der Waals surface area contributed by atoms with Gasteiger partial charge in [0, 0.05) is 0 Å². The van der Waals surface area contributed by atoms with Crippen molar-refractivity contribution in [2.45, 2.75) is 32.4 Å². The lowest BCUT2D eigenvalue weighted by Gasteiger charge is -2.15. The zero-order valence-corrected chi connectivity index (χ0v) is 7.82. The Hall–Kier alpha value is -1.10. The molecule has 2 N–H and O–H groups in total. The van der Waals surface area contributed by atoms with Gasteiger partial charge in [0.15, 0.2) is 0 Å². The van der Waals surface area contributed by atoms with Gasteiger partial charge < -0.3 is 15.2 Å². The van der Waals surface area contributed by atoms with Crippen molar-refractivity contribution in [3.8, 4) is 0 Å². The van der Waals surface area contributed by atoms with Gasteiger partial charge in [-0.1, -0.05) is 6.92 Å². The molecule has 0 saturated carbocycles. The molecule has 0 aromatic rings. The van der Waals surface area contributed by atoms with E-state index in [1.807, 2.05) is 13.8 Å². The normalized spacial score (nSPS) is 14.6. The first-order valence-corrected chi connectivity index (χ1v) is 4.15. The molecular weight excluding hydrogens is 174 g/mol. The number of carboxylic acids is 1. The van der Waals surface area contributed by atoms with Crippen molar-refractivity contribution in [1.29, 1.82) is 0 Å². The van der Waals surface area contributed by atoms with E-state index < -0.39 is 12.0 Å². The van der Waals surface area contributed by atoms with Crippen molar-refractivity contribution in [1.82, 2.24) is 5.32 Å². The van der Waals surface area contributed by atoms with Gasteiger partial charge in [0.05, 0.1) is 12.7 Å². The fraction of sp³-hybridized carbons (Fsp3) is 0.750. The average molecular weight is 189 g/mol. The number of rotatable bonds is 7. The Balaban J connectivity index is 3.81. The lowest BCUT2D eigenvalue weighted by Crippen LogP contribution is -2.40. The molecule has 0 aliphatic carbocycles. The van der Waals surface area contributed by atoms with Crippen molar-refractivity contribution >= 4 is 12.4 Å². The van der Waals surface area contributed by atoms with E-state index in [-0.39, 0.29) is 12.7 Å². The highest BCUT2D eigenvalue weighted by atomic mass is 16.5. The maximum Gasteiger partial charge on any atom is 0.328 e. The summed E-state index contributed by atoms with van der Waals surface area (Å²) in [5.74, 6) is -1.09. The molecule has 0 aromatic heterocycles. The minimum atomic E-state index is -1.09. The van der Waals surface area contributed by atoms with E-state index in [4.69, 9.17) is 9.84 Å². The number of carboxylic acid groups (broad SMARTS) is 1. The Bertz CT molecular complexity index is 172. The Kier molecular flexibility index (Phi) is 5.88. The maximum absolute atomic E-state index is 10.5. The summed E-state index contributed by atoms with van der Waals surface area (Å²) in [7, 11) is 0. The van der Waals surface area contributed by atoms with Crippen LogP contribution in [0.4, 0.5) is 0 Å². The second-order valence-electron chi connectivity index (χ2n) is 2.73. The zero-order valence-electron chi connectivity index (χ0n) is 7.82. The van der Waals surface area contributed by atoms with Crippen LogP contribution in [0.2, 0.25) is 0 Å². The first kappa shape index (κ1) is 11.9. The van der Waals surface area contributed by atoms with Crippen molar-refractivity contribution in [2.24, 2.45) is 0 Å². The summed E-state index contributed by atoms with van der Waals surface area (Å²) >= 11 is 0. The van der Waals surface area contributed by atoms with Gasteiger partial charge in [-0.2, -0.15) is 0 Å². The first-order valence-electron chi connectivity index (χ1n) is 4.15. The highest BCUT2D eigenvalue weighted by Gasteiger charge is 2.16. The van der Waals surface area contributed by atoms with E-state index in [0.29, 0.717) is 6.41 Å². The lowest BCUT2D eigenvalue weighted by molar-refractivity contribution is -0.142. The monoisotopic (exact) mass is 189 g/mol.